The van der Waals surface area contributed by atoms with Crippen molar-refractivity contribution < 1.29 is 0 Å². The van der Waals surface area contributed by atoms with Crippen molar-refractivity contribution in [1.29, 1.82) is 0 Å². The molecule has 0 aliphatic carbocycles. The molecule has 3 aromatic rings. The first-order chi connectivity index (χ1) is 15.1. The molecule has 164 valence electrons. The molecule has 31 heavy (non-hydrogen) atoms. The first-order valence-electron chi connectivity index (χ1n) is 10.3. The number of aliphatic imine (C=N–C) groups is 3. The average Bonchev–Trinajstić information content (AvgIpc) is 3.47. The van der Waals surface area contributed by atoms with Gasteiger partial charge < -0.3 is 15.0 Å². The summed E-state index contributed by atoms with van der Waals surface area (Å²) < 4.78 is 0. The van der Waals surface area contributed by atoms with Gasteiger partial charge in [0.15, 0.2) is 0 Å². The summed E-state index contributed by atoms with van der Waals surface area (Å²) in [5, 5.41) is 0. The van der Waals surface area contributed by atoms with Crippen LogP contribution in [0.2, 0.25) is 0 Å². The third-order valence-corrected chi connectivity index (χ3v) is 4.49. The average molecular weight is 423 g/mol. The van der Waals surface area contributed by atoms with E-state index in [1.807, 2.05) is 39.4 Å². The standard InChI is InChI=1S/C21H30N10/c1-16-25-13-19(28-16)10-22-4-7-31(8-5-23-11-20-14-26-17(2)29-20)9-6-24-12-21-15-27-18(3)30-21/h10-15H,4-9H2,1-3H3,(H,25,28)(H,26,29)(H,27,30). The quantitative estimate of drug-likeness (QED) is 0.384. The molecule has 0 radical (unpaired) electrons. The number of aromatic nitrogens is 6. The van der Waals surface area contributed by atoms with Crippen LogP contribution >= 0.6 is 0 Å². The molecule has 10 heteroatoms. The summed E-state index contributed by atoms with van der Waals surface area (Å²) in [6, 6.07) is 0. The minimum Gasteiger partial charge on any atom is -0.341 e. The Bertz CT molecular complexity index is 878. The van der Waals surface area contributed by atoms with E-state index in [9.17, 15) is 0 Å². The van der Waals surface area contributed by atoms with Gasteiger partial charge in [0.2, 0.25) is 0 Å². The highest BCUT2D eigenvalue weighted by Crippen LogP contribution is 1.96. The fourth-order valence-electron chi connectivity index (χ4n) is 2.94. The van der Waals surface area contributed by atoms with Crippen LogP contribution in [-0.4, -0.2) is 92.7 Å². The highest BCUT2D eigenvalue weighted by atomic mass is 15.1. The van der Waals surface area contributed by atoms with Gasteiger partial charge >= 0.3 is 0 Å². The zero-order valence-corrected chi connectivity index (χ0v) is 18.3. The van der Waals surface area contributed by atoms with Gasteiger partial charge in [-0.3, -0.25) is 19.9 Å². The number of nitrogens with one attached hydrogen (secondary N) is 3. The molecule has 0 fully saturated rings. The summed E-state index contributed by atoms with van der Waals surface area (Å²) in [6.45, 7) is 10.4. The van der Waals surface area contributed by atoms with Crippen LogP contribution in [0.5, 0.6) is 0 Å². The van der Waals surface area contributed by atoms with Gasteiger partial charge in [-0.25, -0.2) is 15.0 Å². The van der Waals surface area contributed by atoms with Crippen LogP contribution in [0, 0.1) is 20.8 Å². The molecule has 0 atom stereocenters. The third-order valence-electron chi connectivity index (χ3n) is 4.49. The zero-order valence-electron chi connectivity index (χ0n) is 18.3. The van der Waals surface area contributed by atoms with Crippen molar-refractivity contribution in [3.8, 4) is 0 Å². The summed E-state index contributed by atoms with van der Waals surface area (Å²) in [5.41, 5.74) is 2.76. The number of aryl methyl sites for hydroxylation is 3. The van der Waals surface area contributed by atoms with Crippen molar-refractivity contribution in [1.82, 2.24) is 34.8 Å². The van der Waals surface area contributed by atoms with E-state index < -0.39 is 0 Å². The Morgan fingerprint density at radius 3 is 1.23 bits per heavy atom. The predicted octanol–water partition coefficient (Wildman–Crippen LogP) is 1.74. The lowest BCUT2D eigenvalue weighted by atomic mass is 10.4. The first-order valence-corrected chi connectivity index (χ1v) is 10.3. The van der Waals surface area contributed by atoms with E-state index in [1.54, 1.807) is 18.6 Å². The van der Waals surface area contributed by atoms with E-state index in [4.69, 9.17) is 0 Å². The van der Waals surface area contributed by atoms with Crippen molar-refractivity contribution >= 4 is 18.6 Å². The Kier molecular flexibility index (Phi) is 8.41. The normalized spacial score (nSPS) is 12.4. The lowest BCUT2D eigenvalue weighted by Crippen LogP contribution is -2.31. The van der Waals surface area contributed by atoms with Crippen LogP contribution < -0.4 is 0 Å². The molecule has 0 aromatic carbocycles. The van der Waals surface area contributed by atoms with Gasteiger partial charge in [0, 0.05) is 38.3 Å². The second-order valence-electron chi connectivity index (χ2n) is 7.22. The lowest BCUT2D eigenvalue weighted by Gasteiger charge is -2.19. The highest BCUT2D eigenvalue weighted by Gasteiger charge is 2.03. The van der Waals surface area contributed by atoms with Crippen LogP contribution in [0.25, 0.3) is 0 Å². The third kappa shape index (κ3) is 8.09. The number of H-pyrrole nitrogens is 3. The molecule has 0 saturated heterocycles. The van der Waals surface area contributed by atoms with Gasteiger partial charge in [-0.1, -0.05) is 0 Å². The molecule has 0 unspecified atom stereocenters. The van der Waals surface area contributed by atoms with E-state index in [0.29, 0.717) is 19.6 Å². The van der Waals surface area contributed by atoms with E-state index >= 15 is 0 Å². The van der Waals surface area contributed by atoms with Crippen LogP contribution in [0.4, 0.5) is 0 Å². The van der Waals surface area contributed by atoms with Crippen molar-refractivity contribution in [2.45, 2.75) is 20.8 Å². The molecule has 3 heterocycles. The molecule has 0 saturated carbocycles. The number of rotatable bonds is 12. The minimum atomic E-state index is 0.699. The van der Waals surface area contributed by atoms with E-state index in [0.717, 1.165) is 54.2 Å². The molecule has 10 nitrogen and oxygen atoms in total. The molecule has 0 aliphatic rings. The summed E-state index contributed by atoms with van der Waals surface area (Å²) in [4.78, 5) is 37.9. The second kappa shape index (κ2) is 11.7. The van der Waals surface area contributed by atoms with Crippen LogP contribution in [0.1, 0.15) is 34.6 Å². The predicted molar refractivity (Wildman–Crippen MR) is 124 cm³/mol. The second-order valence-corrected chi connectivity index (χ2v) is 7.22. The van der Waals surface area contributed by atoms with E-state index in [1.165, 1.54) is 0 Å². The first kappa shape index (κ1) is 22.3. The van der Waals surface area contributed by atoms with Crippen molar-refractivity contribution in [3.63, 3.8) is 0 Å². The maximum atomic E-state index is 4.51. The van der Waals surface area contributed by atoms with Crippen molar-refractivity contribution in [2.75, 3.05) is 39.3 Å². The summed E-state index contributed by atoms with van der Waals surface area (Å²) in [5.74, 6) is 2.66. The van der Waals surface area contributed by atoms with Gasteiger partial charge in [0.1, 0.15) is 17.5 Å². The Morgan fingerprint density at radius 2 is 0.968 bits per heavy atom. The maximum absolute atomic E-state index is 4.51. The minimum absolute atomic E-state index is 0.699. The number of imidazole rings is 3. The number of hydrogen-bond acceptors (Lipinski definition) is 7. The molecule has 0 aliphatic heterocycles. The molecular weight excluding hydrogens is 392 g/mol. The lowest BCUT2D eigenvalue weighted by molar-refractivity contribution is 0.298. The molecule has 3 aromatic heterocycles. The Morgan fingerprint density at radius 1 is 0.645 bits per heavy atom. The Hall–Kier alpha value is -3.40. The van der Waals surface area contributed by atoms with Gasteiger partial charge in [-0.2, -0.15) is 0 Å². The summed E-state index contributed by atoms with van der Waals surface area (Å²) in [6.07, 6.45) is 10.8. The fourth-order valence-corrected chi connectivity index (χ4v) is 2.94. The Balaban J connectivity index is 1.47. The molecule has 0 amide bonds. The molecule has 3 rings (SSSR count). The largest absolute Gasteiger partial charge is 0.341 e. The molecule has 3 N–H and O–H groups in total. The Labute approximate surface area is 182 Å². The molecular formula is C21H30N10. The van der Waals surface area contributed by atoms with Gasteiger partial charge in [-0.05, 0) is 20.8 Å². The van der Waals surface area contributed by atoms with Crippen LogP contribution in [0.3, 0.4) is 0 Å². The van der Waals surface area contributed by atoms with Gasteiger partial charge in [0.05, 0.1) is 55.3 Å². The number of nitrogens with zero attached hydrogens (tertiary/aromatic N) is 7. The number of hydrogen-bond donors (Lipinski definition) is 3. The number of aromatic amines is 3. The van der Waals surface area contributed by atoms with Crippen LogP contribution in [0.15, 0.2) is 33.6 Å². The zero-order chi connectivity index (χ0) is 21.9. The van der Waals surface area contributed by atoms with Gasteiger partial charge in [-0.15, -0.1) is 0 Å². The van der Waals surface area contributed by atoms with E-state index in [2.05, 4.69) is 49.8 Å². The monoisotopic (exact) mass is 422 g/mol. The van der Waals surface area contributed by atoms with Crippen molar-refractivity contribution in [3.05, 3.63) is 53.1 Å². The van der Waals surface area contributed by atoms with E-state index in [-0.39, 0.29) is 0 Å². The highest BCUT2D eigenvalue weighted by molar-refractivity contribution is 5.77. The SMILES string of the molecule is Cc1ncc(C=NCCN(CCN=Cc2cnc(C)[nH]2)CCN=Cc2cnc(C)[nH]2)[nH]1. The van der Waals surface area contributed by atoms with Gasteiger partial charge in [0.25, 0.3) is 0 Å². The topological polar surface area (TPSA) is 126 Å². The maximum Gasteiger partial charge on any atom is 0.103 e. The van der Waals surface area contributed by atoms with Crippen LogP contribution in [-0.2, 0) is 0 Å². The fraction of sp³-hybridized carbons (Fsp3) is 0.429. The molecule has 0 spiro atoms. The molecule has 0 bridgehead atoms. The van der Waals surface area contributed by atoms with Crippen molar-refractivity contribution in [2.24, 2.45) is 15.0 Å². The summed E-state index contributed by atoms with van der Waals surface area (Å²) >= 11 is 0. The summed E-state index contributed by atoms with van der Waals surface area (Å²) in [7, 11) is 0. The smallest absolute Gasteiger partial charge is 0.103 e.